The van der Waals surface area contributed by atoms with Crippen LogP contribution < -0.4 is 5.32 Å². The van der Waals surface area contributed by atoms with Crippen LogP contribution in [0.2, 0.25) is 10.0 Å². The predicted octanol–water partition coefficient (Wildman–Crippen LogP) is 4.49. The maximum atomic E-state index is 6.09. The van der Waals surface area contributed by atoms with Crippen molar-refractivity contribution >= 4 is 34.8 Å². The summed E-state index contributed by atoms with van der Waals surface area (Å²) in [7, 11) is 0. The Morgan fingerprint density at radius 3 is 2.62 bits per heavy atom. The summed E-state index contributed by atoms with van der Waals surface area (Å²) in [6.45, 7) is 3.72. The van der Waals surface area contributed by atoms with Crippen molar-refractivity contribution in [3.05, 3.63) is 33.8 Å². The summed E-state index contributed by atoms with van der Waals surface area (Å²) in [5.41, 5.74) is 1.12. The van der Waals surface area contributed by atoms with Crippen molar-refractivity contribution in [1.29, 1.82) is 0 Å². The van der Waals surface area contributed by atoms with Crippen LogP contribution in [0.5, 0.6) is 0 Å². The highest BCUT2D eigenvalue weighted by Gasteiger charge is 2.03. The molecule has 0 bridgehead atoms. The summed E-state index contributed by atoms with van der Waals surface area (Å²) >= 11 is 17.8. The van der Waals surface area contributed by atoms with Gasteiger partial charge in [0.05, 0.1) is 10.0 Å². The second-order valence-electron chi connectivity index (χ2n) is 3.77. The second kappa shape index (κ2) is 7.39. The monoisotopic (exact) mass is 279 g/mol. The molecule has 1 unspecified atom stereocenters. The highest BCUT2D eigenvalue weighted by Crippen LogP contribution is 2.22. The topological polar surface area (TPSA) is 12.0 Å². The standard InChI is InChI=1S/C12H16Cl3N/c1-2-3-10(13)8-16-7-9-4-5-11(14)12(15)6-9/h4-6,10,16H,2-3,7-8H2,1H3. The molecule has 0 heterocycles. The van der Waals surface area contributed by atoms with E-state index in [0.717, 1.165) is 31.5 Å². The van der Waals surface area contributed by atoms with Crippen LogP contribution in [0, 0.1) is 0 Å². The van der Waals surface area contributed by atoms with Crippen LogP contribution in [-0.2, 0) is 6.54 Å². The van der Waals surface area contributed by atoms with E-state index in [2.05, 4.69) is 12.2 Å². The molecule has 0 fully saturated rings. The Bertz CT molecular complexity index is 328. The molecule has 4 heteroatoms. The van der Waals surface area contributed by atoms with E-state index >= 15 is 0 Å². The van der Waals surface area contributed by atoms with Gasteiger partial charge in [0.1, 0.15) is 0 Å². The number of benzene rings is 1. The van der Waals surface area contributed by atoms with Crippen molar-refractivity contribution in [3.63, 3.8) is 0 Å². The van der Waals surface area contributed by atoms with E-state index in [1.807, 2.05) is 18.2 Å². The fourth-order valence-corrected chi connectivity index (χ4v) is 2.09. The molecule has 1 N–H and O–H groups in total. The highest BCUT2D eigenvalue weighted by molar-refractivity contribution is 6.42. The number of alkyl halides is 1. The van der Waals surface area contributed by atoms with Gasteiger partial charge in [0, 0.05) is 18.5 Å². The van der Waals surface area contributed by atoms with Gasteiger partial charge in [0.15, 0.2) is 0 Å². The molecular formula is C12H16Cl3N. The average molecular weight is 281 g/mol. The van der Waals surface area contributed by atoms with Gasteiger partial charge >= 0.3 is 0 Å². The Kier molecular flexibility index (Phi) is 6.52. The molecule has 1 aromatic carbocycles. The Morgan fingerprint density at radius 2 is 2.00 bits per heavy atom. The minimum atomic E-state index is 0.202. The van der Waals surface area contributed by atoms with Crippen molar-refractivity contribution in [3.8, 4) is 0 Å². The van der Waals surface area contributed by atoms with Gasteiger partial charge in [-0.15, -0.1) is 11.6 Å². The maximum absolute atomic E-state index is 6.09. The third-order valence-corrected chi connectivity index (χ3v) is 3.39. The van der Waals surface area contributed by atoms with Crippen molar-refractivity contribution in [1.82, 2.24) is 5.32 Å². The maximum Gasteiger partial charge on any atom is 0.0595 e. The van der Waals surface area contributed by atoms with E-state index in [9.17, 15) is 0 Å². The normalized spacial score (nSPS) is 12.8. The molecule has 0 saturated heterocycles. The van der Waals surface area contributed by atoms with Gasteiger partial charge in [-0.05, 0) is 24.1 Å². The van der Waals surface area contributed by atoms with Crippen LogP contribution >= 0.6 is 34.8 Å². The first kappa shape index (κ1) is 14.1. The second-order valence-corrected chi connectivity index (χ2v) is 5.20. The Morgan fingerprint density at radius 1 is 1.25 bits per heavy atom. The molecule has 0 aliphatic carbocycles. The molecule has 1 atom stereocenters. The summed E-state index contributed by atoms with van der Waals surface area (Å²) < 4.78 is 0. The molecule has 1 aromatic rings. The van der Waals surface area contributed by atoms with E-state index in [1.54, 1.807) is 0 Å². The van der Waals surface area contributed by atoms with E-state index in [4.69, 9.17) is 34.8 Å². The van der Waals surface area contributed by atoms with Crippen LogP contribution in [0.3, 0.4) is 0 Å². The van der Waals surface area contributed by atoms with Crippen molar-refractivity contribution in [2.24, 2.45) is 0 Å². The smallest absolute Gasteiger partial charge is 0.0595 e. The molecule has 16 heavy (non-hydrogen) atoms. The SMILES string of the molecule is CCCC(Cl)CNCc1ccc(Cl)c(Cl)c1. The Hall–Kier alpha value is 0.0500. The number of hydrogen-bond acceptors (Lipinski definition) is 1. The minimum Gasteiger partial charge on any atom is -0.311 e. The number of hydrogen-bond donors (Lipinski definition) is 1. The zero-order valence-electron chi connectivity index (χ0n) is 9.27. The lowest BCUT2D eigenvalue weighted by Crippen LogP contribution is -2.22. The summed E-state index contributed by atoms with van der Waals surface area (Å²) in [6, 6.07) is 5.65. The van der Waals surface area contributed by atoms with Gasteiger partial charge in [-0.1, -0.05) is 42.6 Å². The zero-order chi connectivity index (χ0) is 12.0. The summed E-state index contributed by atoms with van der Waals surface area (Å²) in [5.74, 6) is 0. The first-order chi connectivity index (χ1) is 7.63. The molecular weight excluding hydrogens is 264 g/mol. The van der Waals surface area contributed by atoms with Crippen LogP contribution in [0.25, 0.3) is 0 Å². The highest BCUT2D eigenvalue weighted by atomic mass is 35.5. The van der Waals surface area contributed by atoms with E-state index in [-0.39, 0.29) is 5.38 Å². The molecule has 0 aliphatic rings. The molecule has 0 amide bonds. The van der Waals surface area contributed by atoms with Crippen LogP contribution in [0.15, 0.2) is 18.2 Å². The predicted molar refractivity (Wildman–Crippen MR) is 72.7 cm³/mol. The first-order valence-electron chi connectivity index (χ1n) is 5.42. The Balaban J connectivity index is 2.34. The van der Waals surface area contributed by atoms with Crippen molar-refractivity contribution < 1.29 is 0 Å². The van der Waals surface area contributed by atoms with Crippen LogP contribution in [0.1, 0.15) is 25.3 Å². The third-order valence-electron chi connectivity index (χ3n) is 2.28. The lowest BCUT2D eigenvalue weighted by Gasteiger charge is -2.10. The molecule has 0 aliphatic heterocycles. The molecule has 0 saturated carbocycles. The summed E-state index contributed by atoms with van der Waals surface area (Å²) in [4.78, 5) is 0. The average Bonchev–Trinajstić information content (AvgIpc) is 2.24. The molecule has 0 aromatic heterocycles. The molecule has 0 spiro atoms. The molecule has 0 radical (unpaired) electrons. The van der Waals surface area contributed by atoms with Gasteiger partial charge in [-0.3, -0.25) is 0 Å². The van der Waals surface area contributed by atoms with Gasteiger partial charge in [-0.25, -0.2) is 0 Å². The lowest BCUT2D eigenvalue weighted by molar-refractivity contribution is 0.623. The molecule has 1 rings (SSSR count). The van der Waals surface area contributed by atoms with Gasteiger partial charge in [-0.2, -0.15) is 0 Å². The van der Waals surface area contributed by atoms with Gasteiger partial charge < -0.3 is 5.32 Å². The van der Waals surface area contributed by atoms with Gasteiger partial charge in [0.2, 0.25) is 0 Å². The van der Waals surface area contributed by atoms with Crippen LogP contribution in [-0.4, -0.2) is 11.9 Å². The van der Waals surface area contributed by atoms with E-state index < -0.39 is 0 Å². The minimum absolute atomic E-state index is 0.202. The Labute approximate surface area is 112 Å². The summed E-state index contributed by atoms with van der Waals surface area (Å²) in [6.07, 6.45) is 2.15. The van der Waals surface area contributed by atoms with E-state index in [1.165, 1.54) is 0 Å². The number of nitrogens with one attached hydrogen (secondary N) is 1. The van der Waals surface area contributed by atoms with Crippen molar-refractivity contribution in [2.75, 3.05) is 6.54 Å². The largest absolute Gasteiger partial charge is 0.311 e. The first-order valence-corrected chi connectivity index (χ1v) is 6.61. The fourth-order valence-electron chi connectivity index (χ4n) is 1.44. The van der Waals surface area contributed by atoms with Crippen molar-refractivity contribution in [2.45, 2.75) is 31.7 Å². The summed E-state index contributed by atoms with van der Waals surface area (Å²) in [5, 5.41) is 4.68. The lowest BCUT2D eigenvalue weighted by atomic mass is 10.2. The zero-order valence-corrected chi connectivity index (χ0v) is 11.5. The molecule has 1 nitrogen and oxygen atoms in total. The van der Waals surface area contributed by atoms with Gasteiger partial charge in [0.25, 0.3) is 0 Å². The van der Waals surface area contributed by atoms with E-state index in [0.29, 0.717) is 10.0 Å². The number of rotatable bonds is 6. The third kappa shape index (κ3) is 4.92. The van der Waals surface area contributed by atoms with Crippen LogP contribution in [0.4, 0.5) is 0 Å². The quantitative estimate of drug-likeness (QED) is 0.757. The number of halogens is 3. The fraction of sp³-hybridized carbons (Fsp3) is 0.500. The molecule has 90 valence electrons.